The van der Waals surface area contributed by atoms with Gasteiger partial charge in [0.1, 0.15) is 0 Å². The Balaban J connectivity index is 2.38. The Labute approximate surface area is 122 Å². The normalized spacial score (nSPS) is 27.6. The van der Waals surface area contributed by atoms with Gasteiger partial charge in [-0.2, -0.15) is 0 Å². The lowest BCUT2D eigenvalue weighted by atomic mass is 9.92. The van der Waals surface area contributed by atoms with Crippen molar-refractivity contribution >= 4 is 17.3 Å². The van der Waals surface area contributed by atoms with Gasteiger partial charge in [-0.25, -0.2) is 0 Å². The van der Waals surface area contributed by atoms with Crippen molar-refractivity contribution in [3.05, 3.63) is 28.8 Å². The highest BCUT2D eigenvalue weighted by atomic mass is 35.5. The van der Waals surface area contributed by atoms with Crippen LogP contribution < -0.4 is 10.2 Å². The molecule has 1 saturated heterocycles. The molecule has 0 amide bonds. The minimum atomic E-state index is 0.178. The fourth-order valence-electron chi connectivity index (χ4n) is 2.89. The molecule has 0 saturated carbocycles. The van der Waals surface area contributed by atoms with Crippen LogP contribution in [-0.2, 0) is 0 Å². The maximum atomic E-state index is 6.46. The van der Waals surface area contributed by atoms with Crippen molar-refractivity contribution in [1.82, 2.24) is 5.32 Å². The van der Waals surface area contributed by atoms with Gasteiger partial charge in [-0.1, -0.05) is 37.6 Å². The number of nitrogens with zero attached hydrogens (tertiary/aromatic N) is 1. The molecular formula is C16H25ClN2. The van der Waals surface area contributed by atoms with Gasteiger partial charge in [-0.05, 0) is 38.3 Å². The molecule has 0 radical (unpaired) electrons. The number of piperazine rings is 1. The number of rotatable bonds is 3. The topological polar surface area (TPSA) is 15.3 Å². The molecule has 0 spiro atoms. The molecular weight excluding hydrogens is 256 g/mol. The Morgan fingerprint density at radius 1 is 1.42 bits per heavy atom. The third-order valence-corrected chi connectivity index (χ3v) is 4.76. The first-order valence-corrected chi connectivity index (χ1v) is 7.65. The molecule has 3 heteroatoms. The van der Waals surface area contributed by atoms with Crippen LogP contribution >= 0.6 is 11.6 Å². The van der Waals surface area contributed by atoms with Crippen molar-refractivity contribution in [1.29, 1.82) is 0 Å². The Morgan fingerprint density at radius 3 is 2.74 bits per heavy atom. The van der Waals surface area contributed by atoms with Gasteiger partial charge in [0.25, 0.3) is 0 Å². The van der Waals surface area contributed by atoms with Crippen molar-refractivity contribution < 1.29 is 0 Å². The summed E-state index contributed by atoms with van der Waals surface area (Å²) >= 11 is 6.46. The summed E-state index contributed by atoms with van der Waals surface area (Å²) in [6.45, 7) is 11.0. The summed E-state index contributed by atoms with van der Waals surface area (Å²) in [7, 11) is 0. The molecule has 2 atom stereocenters. The first-order chi connectivity index (χ1) is 9.00. The molecule has 1 aliphatic rings. The first kappa shape index (κ1) is 14.7. The summed E-state index contributed by atoms with van der Waals surface area (Å²) in [5, 5.41) is 4.57. The quantitative estimate of drug-likeness (QED) is 0.900. The highest BCUT2D eigenvalue weighted by Gasteiger charge is 2.35. The van der Waals surface area contributed by atoms with Crippen LogP contribution in [0.15, 0.2) is 18.2 Å². The van der Waals surface area contributed by atoms with E-state index in [4.69, 9.17) is 11.6 Å². The van der Waals surface area contributed by atoms with Crippen LogP contribution in [0, 0.1) is 6.92 Å². The highest BCUT2D eigenvalue weighted by molar-refractivity contribution is 6.33. The van der Waals surface area contributed by atoms with Crippen molar-refractivity contribution in [3.63, 3.8) is 0 Å². The second-order valence-electron chi connectivity index (χ2n) is 5.89. The number of benzene rings is 1. The Morgan fingerprint density at radius 2 is 2.16 bits per heavy atom. The molecule has 1 aromatic rings. The zero-order valence-electron chi connectivity index (χ0n) is 12.5. The number of hydrogen-bond acceptors (Lipinski definition) is 2. The second-order valence-corrected chi connectivity index (χ2v) is 6.30. The van der Waals surface area contributed by atoms with Crippen LogP contribution in [0.1, 0.15) is 39.2 Å². The highest BCUT2D eigenvalue weighted by Crippen LogP contribution is 2.34. The number of nitrogens with one attached hydrogen (secondary N) is 1. The minimum Gasteiger partial charge on any atom is -0.364 e. The van der Waals surface area contributed by atoms with Gasteiger partial charge in [-0.3, -0.25) is 0 Å². The smallest absolute Gasteiger partial charge is 0.0642 e. The molecule has 106 valence electrons. The summed E-state index contributed by atoms with van der Waals surface area (Å²) in [5.74, 6) is 0. The van der Waals surface area contributed by atoms with E-state index in [1.54, 1.807) is 0 Å². The number of halogens is 1. The van der Waals surface area contributed by atoms with Gasteiger partial charge >= 0.3 is 0 Å². The van der Waals surface area contributed by atoms with E-state index in [9.17, 15) is 0 Å². The Hall–Kier alpha value is -0.730. The lowest BCUT2D eigenvalue weighted by Crippen LogP contribution is -2.63. The maximum absolute atomic E-state index is 6.46. The van der Waals surface area contributed by atoms with E-state index in [1.165, 1.54) is 11.3 Å². The third kappa shape index (κ3) is 2.90. The van der Waals surface area contributed by atoms with Crippen LogP contribution in [0.25, 0.3) is 0 Å². The monoisotopic (exact) mass is 280 g/mol. The molecule has 19 heavy (non-hydrogen) atoms. The SMILES string of the molecule is CCC1CNC(C)(CC)CN1c1c(C)cccc1Cl. The van der Waals surface area contributed by atoms with Crippen molar-refractivity contribution in [2.75, 3.05) is 18.0 Å². The van der Waals surface area contributed by atoms with Crippen molar-refractivity contribution in [3.8, 4) is 0 Å². The van der Waals surface area contributed by atoms with Crippen molar-refractivity contribution in [2.24, 2.45) is 0 Å². The van der Waals surface area contributed by atoms with Gasteiger partial charge < -0.3 is 10.2 Å². The molecule has 1 N–H and O–H groups in total. The number of para-hydroxylation sites is 1. The number of aryl methyl sites for hydroxylation is 1. The molecule has 0 aromatic heterocycles. The summed E-state index contributed by atoms with van der Waals surface area (Å²) < 4.78 is 0. The molecule has 0 bridgehead atoms. The average molecular weight is 281 g/mol. The van der Waals surface area contributed by atoms with E-state index in [2.05, 4.69) is 44.0 Å². The summed E-state index contributed by atoms with van der Waals surface area (Å²) in [6.07, 6.45) is 2.26. The molecule has 0 aliphatic carbocycles. The molecule has 1 aromatic carbocycles. The molecule has 1 aliphatic heterocycles. The van der Waals surface area contributed by atoms with Crippen LogP contribution in [0.3, 0.4) is 0 Å². The fraction of sp³-hybridized carbons (Fsp3) is 0.625. The predicted molar refractivity (Wildman–Crippen MR) is 84.3 cm³/mol. The van der Waals surface area contributed by atoms with Crippen LogP contribution in [-0.4, -0.2) is 24.7 Å². The summed E-state index contributed by atoms with van der Waals surface area (Å²) in [6, 6.07) is 6.71. The molecule has 1 fully saturated rings. The molecule has 2 nitrogen and oxygen atoms in total. The van der Waals surface area contributed by atoms with Gasteiger partial charge in [0.15, 0.2) is 0 Å². The van der Waals surface area contributed by atoms with E-state index < -0.39 is 0 Å². The lowest BCUT2D eigenvalue weighted by molar-refractivity contribution is 0.276. The van der Waals surface area contributed by atoms with Crippen LogP contribution in [0.2, 0.25) is 5.02 Å². The first-order valence-electron chi connectivity index (χ1n) is 7.27. The fourth-order valence-corrected chi connectivity index (χ4v) is 3.22. The molecule has 2 unspecified atom stereocenters. The van der Waals surface area contributed by atoms with E-state index in [0.717, 1.165) is 31.0 Å². The number of hydrogen-bond donors (Lipinski definition) is 1. The van der Waals surface area contributed by atoms with E-state index >= 15 is 0 Å². The van der Waals surface area contributed by atoms with Crippen molar-refractivity contribution in [2.45, 2.75) is 52.1 Å². The molecule has 2 rings (SSSR count). The van der Waals surface area contributed by atoms with E-state index in [1.807, 2.05) is 12.1 Å². The third-order valence-electron chi connectivity index (χ3n) is 4.45. The van der Waals surface area contributed by atoms with Gasteiger partial charge in [0, 0.05) is 24.7 Å². The average Bonchev–Trinajstić information content (AvgIpc) is 2.39. The van der Waals surface area contributed by atoms with E-state index in [-0.39, 0.29) is 5.54 Å². The van der Waals surface area contributed by atoms with Gasteiger partial charge in [0.05, 0.1) is 10.7 Å². The zero-order valence-corrected chi connectivity index (χ0v) is 13.2. The largest absolute Gasteiger partial charge is 0.364 e. The molecule has 1 heterocycles. The second kappa shape index (κ2) is 5.72. The lowest BCUT2D eigenvalue weighted by Gasteiger charge is -2.47. The Kier molecular flexibility index (Phi) is 4.42. The standard InChI is InChI=1S/C16H25ClN2/c1-5-13-10-18-16(4,6-2)11-19(13)15-12(3)8-7-9-14(15)17/h7-9,13,18H,5-6,10-11H2,1-4H3. The van der Waals surface area contributed by atoms with Crippen LogP contribution in [0.5, 0.6) is 0 Å². The summed E-state index contributed by atoms with van der Waals surface area (Å²) in [5.41, 5.74) is 2.67. The van der Waals surface area contributed by atoms with Gasteiger partial charge in [-0.15, -0.1) is 0 Å². The predicted octanol–water partition coefficient (Wildman–Crippen LogP) is 4.01. The zero-order chi connectivity index (χ0) is 14.0. The number of anilines is 1. The van der Waals surface area contributed by atoms with Crippen LogP contribution in [0.4, 0.5) is 5.69 Å². The van der Waals surface area contributed by atoms with E-state index in [0.29, 0.717) is 6.04 Å². The Bertz CT molecular complexity index is 426. The summed E-state index contributed by atoms with van der Waals surface area (Å²) in [4.78, 5) is 2.51. The minimum absolute atomic E-state index is 0.178. The maximum Gasteiger partial charge on any atom is 0.0642 e. The van der Waals surface area contributed by atoms with Gasteiger partial charge in [0.2, 0.25) is 0 Å².